The van der Waals surface area contributed by atoms with E-state index < -0.39 is 11.9 Å². The van der Waals surface area contributed by atoms with Gasteiger partial charge in [-0.05, 0) is 31.9 Å². The highest BCUT2D eigenvalue weighted by Gasteiger charge is 2.26. The second-order valence-corrected chi connectivity index (χ2v) is 9.75. The molecule has 3 aliphatic rings. The molecule has 0 spiro atoms. The molecule has 176 valence electrons. The van der Waals surface area contributed by atoms with Gasteiger partial charge in [-0.15, -0.1) is 11.3 Å². The van der Waals surface area contributed by atoms with Gasteiger partial charge in [-0.25, -0.2) is 9.78 Å². The average Bonchev–Trinajstić information content (AvgIpc) is 3.22. The van der Waals surface area contributed by atoms with Gasteiger partial charge in [0.05, 0.1) is 25.1 Å². The Balaban J connectivity index is 1.38. The van der Waals surface area contributed by atoms with Crippen LogP contribution in [0.25, 0.3) is 23.0 Å². The van der Waals surface area contributed by atoms with Gasteiger partial charge in [-0.3, -0.25) is 15.0 Å². The van der Waals surface area contributed by atoms with E-state index in [9.17, 15) is 9.59 Å². The molecule has 1 saturated carbocycles. The van der Waals surface area contributed by atoms with Crippen LogP contribution >= 0.6 is 11.3 Å². The van der Waals surface area contributed by atoms with Crippen molar-refractivity contribution in [1.82, 2.24) is 30.1 Å². The summed E-state index contributed by atoms with van der Waals surface area (Å²) in [6, 6.07) is 4.46. The number of fused-ring (bicyclic) bond motifs is 1. The van der Waals surface area contributed by atoms with Crippen LogP contribution in [0.15, 0.2) is 29.4 Å². The van der Waals surface area contributed by atoms with Crippen molar-refractivity contribution in [2.75, 3.05) is 31.6 Å². The topological polar surface area (TPSA) is 113 Å². The summed E-state index contributed by atoms with van der Waals surface area (Å²) < 4.78 is 7.25. The molecule has 0 bridgehead atoms. The van der Waals surface area contributed by atoms with Gasteiger partial charge in [0, 0.05) is 52.6 Å². The summed E-state index contributed by atoms with van der Waals surface area (Å²) in [5.74, 6) is 0.400. The van der Waals surface area contributed by atoms with Crippen LogP contribution in [0.5, 0.6) is 0 Å². The minimum absolute atomic E-state index is 0.181. The number of thiophene rings is 1. The first-order chi connectivity index (χ1) is 16.5. The Hall–Kier alpha value is -3.28. The number of nitrogens with one attached hydrogen (secondary N) is 3. The number of anilines is 1. The van der Waals surface area contributed by atoms with Gasteiger partial charge >= 0.3 is 6.03 Å². The number of carbonyl (C=O) groups is 2. The summed E-state index contributed by atoms with van der Waals surface area (Å²) in [5.41, 5.74) is 3.35. The maximum atomic E-state index is 12.0. The van der Waals surface area contributed by atoms with Gasteiger partial charge in [0.25, 0.3) is 5.91 Å². The first-order valence-electron chi connectivity index (χ1n) is 11.4. The molecule has 1 atom stereocenters. The fourth-order valence-electron chi connectivity index (χ4n) is 4.26. The zero-order valence-corrected chi connectivity index (χ0v) is 19.5. The standard InChI is InChI=1S/C23H25N7O3S/c1-13(29-4-6-33-7-5-29)19-9-15(12-34-19)17-10-20(25-16-2-3-16)30-21(26-17)14(11-24-30)8-18-22(31)28-23(32)27-18/h8-13,16,25H,2-7H2,1H3,(H2,27,28,31,32)/b18-8-. The molecule has 34 heavy (non-hydrogen) atoms. The Morgan fingerprint density at radius 3 is 2.79 bits per heavy atom. The summed E-state index contributed by atoms with van der Waals surface area (Å²) in [7, 11) is 0. The molecule has 3 N–H and O–H groups in total. The third-order valence-electron chi connectivity index (χ3n) is 6.37. The molecule has 3 amide bonds. The van der Waals surface area contributed by atoms with Gasteiger partial charge in [-0.2, -0.15) is 9.61 Å². The first kappa shape index (κ1) is 21.3. The molecule has 0 aromatic carbocycles. The van der Waals surface area contributed by atoms with Crippen molar-refractivity contribution in [2.45, 2.75) is 31.8 Å². The summed E-state index contributed by atoms with van der Waals surface area (Å²) >= 11 is 1.74. The minimum Gasteiger partial charge on any atom is -0.379 e. The predicted molar refractivity (Wildman–Crippen MR) is 128 cm³/mol. The molecular formula is C23H25N7O3S. The predicted octanol–water partition coefficient (Wildman–Crippen LogP) is 2.61. The summed E-state index contributed by atoms with van der Waals surface area (Å²) in [6.45, 7) is 5.65. The van der Waals surface area contributed by atoms with Crippen molar-refractivity contribution in [3.05, 3.63) is 39.8 Å². The van der Waals surface area contributed by atoms with Crippen LogP contribution in [0.2, 0.25) is 0 Å². The molecular weight excluding hydrogens is 454 g/mol. The van der Waals surface area contributed by atoms with Crippen LogP contribution in [0.4, 0.5) is 10.6 Å². The van der Waals surface area contributed by atoms with Crippen molar-refractivity contribution >= 4 is 40.8 Å². The van der Waals surface area contributed by atoms with Gasteiger partial charge in [0.2, 0.25) is 0 Å². The van der Waals surface area contributed by atoms with E-state index in [2.05, 4.69) is 44.3 Å². The maximum absolute atomic E-state index is 12.0. The molecule has 3 aromatic rings. The Morgan fingerprint density at radius 2 is 2.06 bits per heavy atom. The van der Waals surface area contributed by atoms with E-state index in [1.165, 1.54) is 4.88 Å². The number of hydrogen-bond donors (Lipinski definition) is 3. The van der Waals surface area contributed by atoms with E-state index >= 15 is 0 Å². The van der Waals surface area contributed by atoms with Crippen LogP contribution in [-0.2, 0) is 9.53 Å². The van der Waals surface area contributed by atoms with E-state index in [-0.39, 0.29) is 5.70 Å². The first-order valence-corrected chi connectivity index (χ1v) is 12.3. The van der Waals surface area contributed by atoms with Crippen molar-refractivity contribution in [2.24, 2.45) is 0 Å². The van der Waals surface area contributed by atoms with Crippen molar-refractivity contribution in [3.8, 4) is 11.3 Å². The van der Waals surface area contributed by atoms with Crippen molar-refractivity contribution in [1.29, 1.82) is 0 Å². The van der Waals surface area contributed by atoms with E-state index in [4.69, 9.17) is 9.72 Å². The number of amides is 3. The van der Waals surface area contributed by atoms with Gasteiger partial charge in [0.15, 0.2) is 5.65 Å². The monoisotopic (exact) mass is 479 g/mol. The zero-order valence-electron chi connectivity index (χ0n) is 18.7. The number of carbonyl (C=O) groups excluding carboxylic acids is 2. The molecule has 10 nitrogen and oxygen atoms in total. The normalized spacial score (nSPS) is 21.1. The Kier molecular flexibility index (Phi) is 5.31. The van der Waals surface area contributed by atoms with Crippen LogP contribution < -0.4 is 16.0 Å². The molecule has 11 heteroatoms. The minimum atomic E-state index is -0.530. The Labute approximate surface area is 200 Å². The summed E-state index contributed by atoms with van der Waals surface area (Å²) in [5, 5.41) is 14.9. The quantitative estimate of drug-likeness (QED) is 0.368. The number of ether oxygens (including phenoxy) is 1. The zero-order chi connectivity index (χ0) is 23.2. The maximum Gasteiger partial charge on any atom is 0.326 e. The number of morpholine rings is 1. The Morgan fingerprint density at radius 1 is 1.24 bits per heavy atom. The number of nitrogens with zero attached hydrogens (tertiary/aromatic N) is 4. The summed E-state index contributed by atoms with van der Waals surface area (Å²) in [4.78, 5) is 32.2. The van der Waals surface area contributed by atoms with E-state index in [0.717, 1.165) is 56.2 Å². The van der Waals surface area contributed by atoms with Crippen LogP contribution in [0.1, 0.15) is 36.2 Å². The third kappa shape index (κ3) is 4.06. The second kappa shape index (κ2) is 8.49. The number of rotatable bonds is 6. The van der Waals surface area contributed by atoms with E-state index in [1.54, 1.807) is 28.1 Å². The second-order valence-electron chi connectivity index (χ2n) is 8.81. The number of aromatic nitrogens is 3. The molecule has 1 aliphatic carbocycles. The lowest BCUT2D eigenvalue weighted by molar-refractivity contribution is -0.115. The van der Waals surface area contributed by atoms with Gasteiger partial charge in [0.1, 0.15) is 11.5 Å². The third-order valence-corrected chi connectivity index (χ3v) is 7.47. The lowest BCUT2D eigenvalue weighted by Gasteiger charge is -2.31. The summed E-state index contributed by atoms with van der Waals surface area (Å²) in [6.07, 6.45) is 5.53. The molecule has 2 aliphatic heterocycles. The fourth-order valence-corrected chi connectivity index (χ4v) is 5.25. The molecule has 6 rings (SSSR count). The molecule has 3 aromatic heterocycles. The molecule has 1 unspecified atom stereocenters. The van der Waals surface area contributed by atoms with Gasteiger partial charge in [-0.1, -0.05) is 0 Å². The number of imide groups is 1. The van der Waals surface area contributed by atoms with E-state index in [1.807, 2.05) is 6.07 Å². The molecule has 5 heterocycles. The smallest absolute Gasteiger partial charge is 0.326 e. The Bertz CT molecular complexity index is 1300. The SMILES string of the molecule is CC(c1cc(-c2cc(NC3CC3)n3ncc(/C=C4\NC(=O)NC4=O)c3n2)cs1)N1CCOCC1. The van der Waals surface area contributed by atoms with E-state index in [0.29, 0.717) is 23.3 Å². The highest BCUT2D eigenvalue weighted by molar-refractivity contribution is 7.10. The molecule has 2 saturated heterocycles. The number of hydrogen-bond acceptors (Lipinski definition) is 8. The van der Waals surface area contributed by atoms with Crippen LogP contribution in [0.3, 0.4) is 0 Å². The lowest BCUT2D eigenvalue weighted by Crippen LogP contribution is -2.37. The van der Waals surface area contributed by atoms with Crippen molar-refractivity contribution in [3.63, 3.8) is 0 Å². The highest BCUT2D eigenvalue weighted by Crippen LogP contribution is 2.34. The molecule has 0 radical (unpaired) electrons. The average molecular weight is 480 g/mol. The molecule has 3 fully saturated rings. The fraction of sp³-hybridized carbons (Fsp3) is 0.391. The number of urea groups is 1. The van der Waals surface area contributed by atoms with Crippen molar-refractivity contribution < 1.29 is 14.3 Å². The largest absolute Gasteiger partial charge is 0.379 e. The van der Waals surface area contributed by atoms with Gasteiger partial charge < -0.3 is 15.4 Å². The van der Waals surface area contributed by atoms with Crippen LogP contribution in [0, 0.1) is 0 Å². The highest BCUT2D eigenvalue weighted by atomic mass is 32.1. The lowest BCUT2D eigenvalue weighted by atomic mass is 10.1. The van der Waals surface area contributed by atoms with Crippen LogP contribution in [-0.4, -0.2) is 63.8 Å².